The average Bonchev–Trinajstić information content (AvgIpc) is 1.57. The molecule has 2 aromatic heterocycles. The highest BCUT2D eigenvalue weighted by Gasteiger charge is 2.36. The third-order valence-corrected chi connectivity index (χ3v) is 21.3. The Labute approximate surface area is 599 Å². The van der Waals surface area contributed by atoms with Gasteiger partial charge in [0.05, 0.1) is 22.1 Å². The zero-order valence-electron chi connectivity index (χ0n) is 57.2. The number of fused-ring (bicyclic) bond motifs is 13. The minimum Gasteiger partial charge on any atom is -0.311 e. The van der Waals surface area contributed by atoms with Gasteiger partial charge in [-0.2, -0.15) is 0 Å². The Morgan fingerprint density at radius 3 is 1.10 bits per heavy atom. The molecule has 0 radical (unpaired) electrons. The van der Waals surface area contributed by atoms with Gasteiger partial charge in [-0.25, -0.2) is 0 Å². The summed E-state index contributed by atoms with van der Waals surface area (Å²) in [5, 5.41) is 12.8. The summed E-state index contributed by atoms with van der Waals surface area (Å²) in [6, 6.07) is 141. The maximum atomic E-state index is 2.40. The summed E-state index contributed by atoms with van der Waals surface area (Å²) in [6.07, 6.45) is 0. The second-order valence-electron chi connectivity index (χ2n) is 27.6. The summed E-state index contributed by atoms with van der Waals surface area (Å²) < 4.78 is 4.76. The maximum absolute atomic E-state index is 2.40. The summed E-state index contributed by atoms with van der Waals surface area (Å²) in [6.45, 7) is 4.71. The molecule has 0 N–H and O–H groups in total. The van der Waals surface area contributed by atoms with E-state index in [0.29, 0.717) is 0 Å². The van der Waals surface area contributed by atoms with Crippen molar-refractivity contribution in [1.82, 2.24) is 9.13 Å². The molecule has 0 fully saturated rings. The fraction of sp³-hybridized carbons (Fsp3) is 0.0303. The number of rotatable bonds is 11. The van der Waals surface area contributed by atoms with E-state index in [1.165, 1.54) is 132 Å². The average molecular weight is 1320 g/mol. The van der Waals surface area contributed by atoms with Gasteiger partial charge in [0.25, 0.3) is 0 Å². The topological polar surface area (TPSA) is 16.3 Å². The quantitative estimate of drug-likeness (QED) is 0.128. The minimum atomic E-state index is -0.0659. The maximum Gasteiger partial charge on any atom is 0.0547 e. The van der Waals surface area contributed by atoms with Gasteiger partial charge < -0.3 is 18.9 Å². The van der Waals surface area contributed by atoms with Crippen molar-refractivity contribution in [3.8, 4) is 55.9 Å². The predicted octanol–water partition coefficient (Wildman–Crippen LogP) is 27.3. The number of nitrogens with zero attached hydrogens (tertiary/aromatic N) is 4. The van der Waals surface area contributed by atoms with E-state index >= 15 is 0 Å². The van der Waals surface area contributed by atoms with Crippen LogP contribution in [0.5, 0.6) is 0 Å². The van der Waals surface area contributed by atoms with E-state index in [2.05, 4.69) is 421 Å². The lowest BCUT2D eigenvalue weighted by Gasteiger charge is -2.27. The van der Waals surface area contributed by atoms with Gasteiger partial charge in [-0.15, -0.1) is 0 Å². The lowest BCUT2D eigenvalue weighted by atomic mass is 9.82. The Kier molecular flexibility index (Phi) is 14.9. The monoisotopic (exact) mass is 1310 g/mol. The fourth-order valence-electron chi connectivity index (χ4n) is 16.2. The van der Waals surface area contributed by atoms with Crippen molar-refractivity contribution in [2.45, 2.75) is 19.3 Å². The third-order valence-electron chi connectivity index (χ3n) is 21.3. The van der Waals surface area contributed by atoms with E-state index in [0.717, 1.165) is 45.5 Å². The Morgan fingerprint density at radius 2 is 0.563 bits per heavy atom. The Hall–Kier alpha value is -13.3. The first-order chi connectivity index (χ1) is 50.8. The van der Waals surface area contributed by atoms with Crippen molar-refractivity contribution < 1.29 is 0 Å². The number of hydrogen-bond donors (Lipinski definition) is 0. The normalized spacial score (nSPS) is 12.3. The molecule has 19 aromatic rings. The van der Waals surface area contributed by atoms with E-state index < -0.39 is 0 Å². The molecular weight excluding hydrogens is 1250 g/mol. The summed E-state index contributed by atoms with van der Waals surface area (Å²) >= 11 is 0. The number of para-hydroxylation sites is 5. The van der Waals surface area contributed by atoms with Crippen molar-refractivity contribution in [2.75, 3.05) is 9.80 Å². The van der Waals surface area contributed by atoms with E-state index in [1.54, 1.807) is 0 Å². The molecule has 0 atom stereocenters. The highest BCUT2D eigenvalue weighted by atomic mass is 15.1. The second-order valence-corrected chi connectivity index (χ2v) is 27.6. The highest BCUT2D eigenvalue weighted by molar-refractivity contribution is 6.21. The van der Waals surface area contributed by atoms with Crippen molar-refractivity contribution in [3.63, 3.8) is 0 Å². The molecule has 2 heterocycles. The molecule has 0 bridgehead atoms. The van der Waals surface area contributed by atoms with Crippen LogP contribution in [-0.4, -0.2) is 9.13 Å². The number of aromatic nitrogens is 2. The smallest absolute Gasteiger partial charge is 0.0547 e. The molecule has 0 spiro atoms. The largest absolute Gasteiger partial charge is 0.311 e. The number of anilines is 6. The Balaban J connectivity index is 0.000000142. The van der Waals surface area contributed by atoms with Gasteiger partial charge in [0.15, 0.2) is 0 Å². The lowest BCUT2D eigenvalue weighted by Crippen LogP contribution is -2.15. The molecule has 1 aliphatic rings. The molecule has 103 heavy (non-hydrogen) atoms. The van der Waals surface area contributed by atoms with E-state index in [9.17, 15) is 0 Å². The number of hydrogen-bond acceptors (Lipinski definition) is 2. The van der Waals surface area contributed by atoms with Crippen LogP contribution in [0.4, 0.5) is 34.1 Å². The molecule has 20 rings (SSSR count). The van der Waals surface area contributed by atoms with Crippen LogP contribution < -0.4 is 9.80 Å². The minimum absolute atomic E-state index is 0.0659. The van der Waals surface area contributed by atoms with Gasteiger partial charge in [0, 0.05) is 72.5 Å². The first kappa shape index (κ1) is 60.9. The van der Waals surface area contributed by atoms with E-state index in [4.69, 9.17) is 0 Å². The predicted molar refractivity (Wildman–Crippen MR) is 437 cm³/mol. The van der Waals surface area contributed by atoms with Crippen LogP contribution in [0.2, 0.25) is 0 Å². The van der Waals surface area contributed by atoms with E-state index in [1.807, 2.05) is 0 Å². The molecule has 17 aromatic carbocycles. The van der Waals surface area contributed by atoms with Crippen LogP contribution in [-0.2, 0) is 5.41 Å². The van der Waals surface area contributed by atoms with Crippen molar-refractivity contribution in [3.05, 3.63) is 399 Å². The lowest BCUT2D eigenvalue weighted by molar-refractivity contribution is 0.661. The van der Waals surface area contributed by atoms with Crippen LogP contribution in [0.25, 0.3) is 132 Å². The van der Waals surface area contributed by atoms with Crippen LogP contribution in [0.3, 0.4) is 0 Å². The molecule has 0 aliphatic heterocycles. The van der Waals surface area contributed by atoms with Crippen LogP contribution in [0, 0.1) is 0 Å². The molecule has 0 saturated carbocycles. The first-order valence-corrected chi connectivity index (χ1v) is 35.6. The van der Waals surface area contributed by atoms with Crippen molar-refractivity contribution in [1.29, 1.82) is 0 Å². The van der Waals surface area contributed by atoms with Crippen LogP contribution in [0.15, 0.2) is 388 Å². The van der Waals surface area contributed by atoms with Crippen molar-refractivity contribution in [2.24, 2.45) is 0 Å². The first-order valence-electron chi connectivity index (χ1n) is 35.6. The molecule has 4 heteroatoms. The molecule has 1 aliphatic carbocycles. The molecule has 0 amide bonds. The fourth-order valence-corrected chi connectivity index (χ4v) is 16.2. The van der Waals surface area contributed by atoms with Gasteiger partial charge in [-0.3, -0.25) is 0 Å². The summed E-state index contributed by atoms with van der Waals surface area (Å²) in [5.41, 5.74) is 26.5. The zero-order valence-corrected chi connectivity index (χ0v) is 57.2. The Morgan fingerprint density at radius 1 is 0.214 bits per heavy atom. The van der Waals surface area contributed by atoms with Gasteiger partial charge in [-0.05, 0) is 227 Å². The van der Waals surface area contributed by atoms with Crippen LogP contribution >= 0.6 is 0 Å². The van der Waals surface area contributed by atoms with E-state index in [-0.39, 0.29) is 5.41 Å². The standard InChI is InChI=1S/C50H34N2.C49H36N2/c1-2-13-42(14-3-1)51(44-29-24-38(25-30-44)41-19-18-35-10-4-5-12-40(35)34-41)43-27-20-36(21-28-43)37-22-31-45(32-23-37)52-48-17-9-8-16-47(48)50-46-15-7-6-11-39(46)26-33-49(50)52;1-49(2)45-29-28-40(32-44(45)43-30-35-12-6-7-13-36(35)31-46(43)49)50(37-14-4-3-5-15-37)38-24-20-33(21-25-38)34-22-26-39(27-23-34)51-47-18-10-8-16-41(47)42-17-9-11-19-48(42)51/h1-34H;3-32H,1-2H3. The summed E-state index contributed by atoms with van der Waals surface area (Å²) in [4.78, 5) is 4.70. The van der Waals surface area contributed by atoms with Gasteiger partial charge in [-0.1, -0.05) is 263 Å². The zero-order chi connectivity index (χ0) is 68.5. The molecule has 0 unspecified atom stereocenters. The van der Waals surface area contributed by atoms with Gasteiger partial charge >= 0.3 is 0 Å². The highest BCUT2D eigenvalue weighted by Crippen LogP contribution is 2.52. The molecule has 0 saturated heterocycles. The molecule has 486 valence electrons. The summed E-state index contributed by atoms with van der Waals surface area (Å²) in [5.74, 6) is 0. The van der Waals surface area contributed by atoms with Crippen LogP contribution in [0.1, 0.15) is 25.0 Å². The second kappa shape index (κ2) is 25.2. The summed E-state index contributed by atoms with van der Waals surface area (Å²) in [7, 11) is 0. The third kappa shape index (κ3) is 10.7. The number of benzene rings is 17. The van der Waals surface area contributed by atoms with Gasteiger partial charge in [0.1, 0.15) is 0 Å². The molecular formula is C99H70N4. The SMILES string of the molecule is CC1(C)c2ccc(N(c3ccccc3)c3ccc(-c4ccc(-n5c6ccccc6c6ccccc65)cc4)cc3)cc2-c2cc3ccccc3cc21.c1ccc(N(c2ccc(-c3ccc(-n4c5ccccc5c5c6ccccc6ccc54)cc3)cc2)c2ccc(-c3ccc4ccccc4c3)cc2)cc1. The van der Waals surface area contributed by atoms with Gasteiger partial charge in [0.2, 0.25) is 0 Å². The molecule has 4 nitrogen and oxygen atoms in total. The van der Waals surface area contributed by atoms with Crippen molar-refractivity contribution >= 4 is 110 Å². The Bertz CT molecular complexity index is 6350.